The molecule has 31 heavy (non-hydrogen) atoms. The highest BCUT2D eigenvalue weighted by atomic mass is 35.5. The van der Waals surface area contributed by atoms with Crippen LogP contribution in [-0.2, 0) is 9.84 Å². The molecule has 1 atom stereocenters. The fourth-order valence-electron chi connectivity index (χ4n) is 4.40. The van der Waals surface area contributed by atoms with Crippen LogP contribution in [0.25, 0.3) is 0 Å². The zero-order valence-electron chi connectivity index (χ0n) is 16.8. The Labute approximate surface area is 192 Å². The highest BCUT2D eigenvalue weighted by Crippen LogP contribution is 2.44. The summed E-state index contributed by atoms with van der Waals surface area (Å²) in [6.45, 7) is 0.380. The average Bonchev–Trinajstić information content (AvgIpc) is 2.69. The van der Waals surface area contributed by atoms with E-state index in [-0.39, 0.29) is 19.1 Å². The third-order valence-corrected chi connectivity index (χ3v) is 7.66. The minimum absolute atomic E-state index is 0.177. The molecule has 4 rings (SSSR count). The number of nitrogens with zero attached hydrogens (tertiary/aromatic N) is 2. The van der Waals surface area contributed by atoms with Crippen LogP contribution in [0.2, 0.25) is 10.0 Å². The van der Waals surface area contributed by atoms with Crippen molar-refractivity contribution in [2.45, 2.75) is 16.9 Å². The highest BCUT2D eigenvalue weighted by Gasteiger charge is 2.54. The first-order chi connectivity index (χ1) is 14.7. The van der Waals surface area contributed by atoms with Crippen molar-refractivity contribution >= 4 is 33.0 Å². The first kappa shape index (κ1) is 22.2. The molecule has 162 valence electrons. The van der Waals surface area contributed by atoms with Crippen molar-refractivity contribution in [2.24, 2.45) is 0 Å². The molecule has 0 radical (unpaired) electrons. The number of aromatic nitrogens is 1. The number of likely N-dealkylation sites (tertiary alicyclic amines) is 1. The molecule has 1 aliphatic rings. The van der Waals surface area contributed by atoms with Crippen molar-refractivity contribution in [1.29, 1.82) is 0 Å². The Morgan fingerprint density at radius 2 is 1.45 bits per heavy atom. The third kappa shape index (κ3) is 4.64. The fraction of sp³-hybridized carbons (Fsp3) is 0.261. The van der Waals surface area contributed by atoms with Gasteiger partial charge in [0.2, 0.25) is 0 Å². The molecule has 1 aliphatic heterocycles. The van der Waals surface area contributed by atoms with Crippen molar-refractivity contribution < 1.29 is 13.5 Å². The molecular weight excluding hydrogens is 455 g/mol. The van der Waals surface area contributed by atoms with E-state index >= 15 is 0 Å². The molecule has 2 heterocycles. The number of halogens is 2. The quantitative estimate of drug-likeness (QED) is 0.573. The van der Waals surface area contributed by atoms with Crippen molar-refractivity contribution in [3.8, 4) is 0 Å². The zero-order valence-corrected chi connectivity index (χ0v) is 19.1. The summed E-state index contributed by atoms with van der Waals surface area (Å²) in [6.07, 6.45) is 4.24. The van der Waals surface area contributed by atoms with Gasteiger partial charge in [0.05, 0.1) is 6.04 Å². The Morgan fingerprint density at radius 3 is 1.87 bits per heavy atom. The molecule has 5 nitrogen and oxygen atoms in total. The summed E-state index contributed by atoms with van der Waals surface area (Å²) in [5.74, 6) is 0. The first-order valence-electron chi connectivity index (χ1n) is 9.73. The van der Waals surface area contributed by atoms with Gasteiger partial charge in [0.1, 0.15) is 10.9 Å². The van der Waals surface area contributed by atoms with Gasteiger partial charge >= 0.3 is 0 Å². The Balaban J connectivity index is 1.68. The van der Waals surface area contributed by atoms with Crippen LogP contribution >= 0.6 is 23.2 Å². The lowest BCUT2D eigenvalue weighted by atomic mass is 9.83. The van der Waals surface area contributed by atoms with Gasteiger partial charge in [0.25, 0.3) is 0 Å². The maximum atomic E-state index is 12.6. The summed E-state index contributed by atoms with van der Waals surface area (Å²) in [6, 6.07) is 18.2. The lowest BCUT2D eigenvalue weighted by Crippen LogP contribution is -2.66. The van der Waals surface area contributed by atoms with E-state index in [1.165, 1.54) is 6.20 Å². The number of aliphatic hydroxyl groups is 1. The standard InChI is InChI=1S/C23H22Cl2N2O3S/c1-31(29,30)22(18-3-2-12-26-13-18)23(28)14-27(15-23)21(16-4-8-19(24)9-5-16)17-6-10-20(25)11-7-17/h2-13,21-22,28H,14-15H2,1H3. The van der Waals surface area contributed by atoms with Gasteiger partial charge in [0.15, 0.2) is 9.84 Å². The normalized spacial score (nSPS) is 17.3. The summed E-state index contributed by atoms with van der Waals surface area (Å²) < 4.78 is 25.3. The molecular formula is C23H22Cl2N2O3S. The number of benzene rings is 2. The van der Waals surface area contributed by atoms with Crippen LogP contribution in [0.3, 0.4) is 0 Å². The van der Waals surface area contributed by atoms with E-state index in [0.717, 1.165) is 17.4 Å². The molecule has 1 fully saturated rings. The van der Waals surface area contributed by atoms with Crippen molar-refractivity contribution in [2.75, 3.05) is 19.3 Å². The summed E-state index contributed by atoms with van der Waals surface area (Å²) in [5.41, 5.74) is 1.05. The van der Waals surface area contributed by atoms with E-state index in [2.05, 4.69) is 9.88 Å². The molecule has 1 N–H and O–H groups in total. The lowest BCUT2D eigenvalue weighted by Gasteiger charge is -2.53. The van der Waals surface area contributed by atoms with Gasteiger partial charge in [-0.25, -0.2) is 8.42 Å². The van der Waals surface area contributed by atoms with Crippen LogP contribution in [-0.4, -0.2) is 48.4 Å². The monoisotopic (exact) mass is 476 g/mol. The third-order valence-electron chi connectivity index (χ3n) is 5.59. The number of hydrogen-bond donors (Lipinski definition) is 1. The van der Waals surface area contributed by atoms with Crippen molar-refractivity contribution in [3.63, 3.8) is 0 Å². The predicted molar refractivity (Wildman–Crippen MR) is 123 cm³/mol. The molecule has 0 amide bonds. The van der Waals surface area contributed by atoms with Gasteiger partial charge in [-0.1, -0.05) is 53.5 Å². The minimum Gasteiger partial charge on any atom is -0.385 e. The van der Waals surface area contributed by atoms with E-state index in [9.17, 15) is 13.5 Å². The molecule has 0 saturated carbocycles. The second kappa shape index (κ2) is 8.52. The predicted octanol–water partition coefficient (Wildman–Crippen LogP) is 4.31. The largest absolute Gasteiger partial charge is 0.385 e. The molecule has 2 aromatic carbocycles. The van der Waals surface area contributed by atoms with Gasteiger partial charge in [-0.15, -0.1) is 0 Å². The van der Waals surface area contributed by atoms with Crippen molar-refractivity contribution in [3.05, 3.63) is 99.8 Å². The first-order valence-corrected chi connectivity index (χ1v) is 12.4. The summed E-state index contributed by atoms with van der Waals surface area (Å²) in [7, 11) is -3.58. The Hall–Kier alpha value is -1.96. The van der Waals surface area contributed by atoms with E-state index in [0.29, 0.717) is 15.6 Å². The van der Waals surface area contributed by atoms with E-state index in [4.69, 9.17) is 23.2 Å². The van der Waals surface area contributed by atoms with Gasteiger partial charge in [-0.05, 0) is 47.0 Å². The number of pyridine rings is 1. The molecule has 1 aromatic heterocycles. The van der Waals surface area contributed by atoms with Crippen LogP contribution in [0.5, 0.6) is 0 Å². The highest BCUT2D eigenvalue weighted by molar-refractivity contribution is 7.91. The lowest BCUT2D eigenvalue weighted by molar-refractivity contribution is -0.112. The van der Waals surface area contributed by atoms with Crippen molar-refractivity contribution in [1.82, 2.24) is 9.88 Å². The average molecular weight is 477 g/mol. The molecule has 1 saturated heterocycles. The minimum atomic E-state index is -3.58. The maximum Gasteiger partial charge on any atom is 0.157 e. The number of hydrogen-bond acceptors (Lipinski definition) is 5. The number of rotatable bonds is 6. The van der Waals surface area contributed by atoms with Crippen LogP contribution < -0.4 is 0 Å². The van der Waals surface area contributed by atoms with E-state index < -0.39 is 20.7 Å². The van der Waals surface area contributed by atoms with Gasteiger partial charge < -0.3 is 5.11 Å². The number of sulfone groups is 1. The van der Waals surface area contributed by atoms with Gasteiger partial charge in [-0.2, -0.15) is 0 Å². The summed E-state index contributed by atoms with van der Waals surface area (Å²) in [4.78, 5) is 6.10. The second-order valence-corrected chi connectivity index (χ2v) is 11.0. The molecule has 0 aliphatic carbocycles. The van der Waals surface area contributed by atoms with Crippen LogP contribution in [0.15, 0.2) is 73.1 Å². The smallest absolute Gasteiger partial charge is 0.157 e. The molecule has 1 unspecified atom stereocenters. The number of β-amino-alcohol motifs (C(OH)–C–C–N with tert-alkyl or cyclic N) is 1. The van der Waals surface area contributed by atoms with E-state index in [1.807, 2.05) is 48.5 Å². The Morgan fingerprint density at radius 1 is 0.935 bits per heavy atom. The Bertz CT molecular complexity index is 1100. The second-order valence-electron chi connectivity index (χ2n) is 8.01. The summed E-state index contributed by atoms with van der Waals surface area (Å²) in [5, 5.41) is 11.6. The topological polar surface area (TPSA) is 70.5 Å². The van der Waals surface area contributed by atoms with Gasteiger partial charge in [0, 0.05) is 41.8 Å². The Kier molecular flexibility index (Phi) is 6.12. The van der Waals surface area contributed by atoms with Crippen LogP contribution in [0.1, 0.15) is 28.0 Å². The molecule has 0 spiro atoms. The van der Waals surface area contributed by atoms with Crippen LogP contribution in [0, 0.1) is 0 Å². The SMILES string of the molecule is CS(=O)(=O)C(c1cccnc1)C1(O)CN(C(c2ccc(Cl)cc2)c2ccc(Cl)cc2)C1. The molecule has 8 heteroatoms. The van der Waals surface area contributed by atoms with Crippen LogP contribution in [0.4, 0.5) is 0 Å². The molecule has 0 bridgehead atoms. The van der Waals surface area contributed by atoms with E-state index in [1.54, 1.807) is 18.3 Å². The van der Waals surface area contributed by atoms with Gasteiger partial charge in [-0.3, -0.25) is 9.88 Å². The zero-order chi connectivity index (χ0) is 22.2. The fourth-order valence-corrected chi connectivity index (χ4v) is 6.23. The summed E-state index contributed by atoms with van der Waals surface area (Å²) >= 11 is 12.1. The maximum absolute atomic E-state index is 12.6. The molecule has 3 aromatic rings.